The maximum absolute atomic E-state index is 5.95. The van der Waals surface area contributed by atoms with Gasteiger partial charge in [0.2, 0.25) is 0 Å². The van der Waals surface area contributed by atoms with Crippen molar-refractivity contribution in [2.75, 3.05) is 7.05 Å². The average molecular weight is 278 g/mol. The fourth-order valence-corrected chi connectivity index (χ4v) is 2.41. The Labute approximate surface area is 119 Å². The third-order valence-corrected chi connectivity index (χ3v) is 3.56. The molecule has 1 aromatic heterocycles. The number of nitrogens with one attached hydrogen (secondary N) is 1. The normalized spacial score (nSPS) is 12.6. The summed E-state index contributed by atoms with van der Waals surface area (Å²) in [6, 6.07) is 10.3. The van der Waals surface area contributed by atoms with Crippen LogP contribution >= 0.6 is 11.6 Å². The zero-order valence-electron chi connectivity index (χ0n) is 11.7. The van der Waals surface area contributed by atoms with Gasteiger partial charge >= 0.3 is 0 Å². The van der Waals surface area contributed by atoms with Crippen LogP contribution in [0.1, 0.15) is 36.8 Å². The lowest BCUT2D eigenvalue weighted by Crippen LogP contribution is -2.21. The molecule has 19 heavy (non-hydrogen) atoms. The van der Waals surface area contributed by atoms with E-state index in [1.807, 2.05) is 19.2 Å². The zero-order valence-corrected chi connectivity index (χ0v) is 12.4. The van der Waals surface area contributed by atoms with Crippen LogP contribution in [0, 0.1) is 0 Å². The molecule has 0 spiro atoms. The second-order valence-electron chi connectivity index (χ2n) is 4.50. The van der Waals surface area contributed by atoms with E-state index in [-0.39, 0.29) is 6.04 Å². The lowest BCUT2D eigenvalue weighted by atomic mass is 10.0. The largest absolute Gasteiger partial charge is 0.308 e. The van der Waals surface area contributed by atoms with Gasteiger partial charge in [-0.15, -0.1) is 0 Å². The molecular weight excluding hydrogens is 258 g/mol. The molecule has 0 aliphatic rings. The lowest BCUT2D eigenvalue weighted by Gasteiger charge is -2.18. The van der Waals surface area contributed by atoms with Crippen molar-refractivity contribution in [3.8, 4) is 0 Å². The fraction of sp³-hybridized carbons (Fsp3) is 0.400. The van der Waals surface area contributed by atoms with Gasteiger partial charge in [-0.25, -0.2) is 0 Å². The Morgan fingerprint density at radius 3 is 2.47 bits per heavy atom. The summed E-state index contributed by atoms with van der Waals surface area (Å²) in [7, 11) is 1.97. The molecule has 0 radical (unpaired) electrons. The van der Waals surface area contributed by atoms with Crippen LogP contribution in [-0.2, 0) is 13.0 Å². The van der Waals surface area contributed by atoms with Crippen LogP contribution < -0.4 is 5.32 Å². The standard InChI is InChI=1S/C15H20ClN3/c1-4-13-10-14(19(5-2)18-13)15(17-3)11-6-8-12(16)9-7-11/h6-10,15,17H,4-5H2,1-3H3. The third kappa shape index (κ3) is 2.99. The number of hydrogen-bond donors (Lipinski definition) is 1. The van der Waals surface area contributed by atoms with Crippen molar-refractivity contribution in [1.29, 1.82) is 0 Å². The van der Waals surface area contributed by atoms with Gasteiger partial charge in [0.05, 0.1) is 17.4 Å². The van der Waals surface area contributed by atoms with E-state index < -0.39 is 0 Å². The smallest absolute Gasteiger partial charge is 0.0745 e. The number of nitrogens with zero attached hydrogens (tertiary/aromatic N) is 2. The van der Waals surface area contributed by atoms with Gasteiger partial charge in [-0.2, -0.15) is 5.10 Å². The highest BCUT2D eigenvalue weighted by molar-refractivity contribution is 6.30. The number of aryl methyl sites for hydroxylation is 2. The molecular formula is C15H20ClN3. The van der Waals surface area contributed by atoms with Crippen LogP contribution in [0.5, 0.6) is 0 Å². The number of halogens is 1. The summed E-state index contributed by atoms with van der Waals surface area (Å²) in [6.07, 6.45) is 0.955. The third-order valence-electron chi connectivity index (χ3n) is 3.31. The first-order valence-corrected chi connectivity index (χ1v) is 7.06. The van der Waals surface area contributed by atoms with E-state index in [1.165, 1.54) is 11.3 Å². The predicted molar refractivity (Wildman–Crippen MR) is 79.6 cm³/mol. The average Bonchev–Trinajstić information content (AvgIpc) is 2.85. The summed E-state index contributed by atoms with van der Waals surface area (Å²) in [6.45, 7) is 5.12. The topological polar surface area (TPSA) is 29.9 Å². The van der Waals surface area contributed by atoms with Crippen molar-refractivity contribution in [3.05, 3.63) is 52.3 Å². The molecule has 0 aliphatic carbocycles. The number of benzene rings is 1. The first kappa shape index (κ1) is 14.1. The molecule has 2 rings (SSSR count). The maximum Gasteiger partial charge on any atom is 0.0745 e. The van der Waals surface area contributed by atoms with Crippen molar-refractivity contribution in [2.24, 2.45) is 0 Å². The number of aromatic nitrogens is 2. The van der Waals surface area contributed by atoms with E-state index in [9.17, 15) is 0 Å². The summed E-state index contributed by atoms with van der Waals surface area (Å²) in [5.74, 6) is 0. The molecule has 0 bridgehead atoms. The van der Waals surface area contributed by atoms with E-state index in [0.717, 1.165) is 23.7 Å². The van der Waals surface area contributed by atoms with Gasteiger partial charge in [0.15, 0.2) is 0 Å². The second kappa shape index (κ2) is 6.22. The van der Waals surface area contributed by atoms with Crippen molar-refractivity contribution >= 4 is 11.6 Å². The molecule has 2 aromatic rings. The van der Waals surface area contributed by atoms with Gasteiger partial charge in [-0.05, 0) is 44.2 Å². The molecule has 0 saturated heterocycles. The monoisotopic (exact) mass is 277 g/mol. The van der Waals surface area contributed by atoms with Crippen LogP contribution in [0.15, 0.2) is 30.3 Å². The van der Waals surface area contributed by atoms with Gasteiger partial charge in [0.25, 0.3) is 0 Å². The SMILES string of the molecule is CCc1cc(C(NC)c2ccc(Cl)cc2)n(CC)n1. The Hall–Kier alpha value is -1.32. The van der Waals surface area contributed by atoms with Crippen LogP contribution in [-0.4, -0.2) is 16.8 Å². The molecule has 1 N–H and O–H groups in total. The minimum absolute atomic E-state index is 0.144. The van der Waals surface area contributed by atoms with Gasteiger partial charge in [-0.1, -0.05) is 30.7 Å². The molecule has 1 aromatic carbocycles. The van der Waals surface area contributed by atoms with Crippen molar-refractivity contribution in [1.82, 2.24) is 15.1 Å². The summed E-state index contributed by atoms with van der Waals surface area (Å²) in [5, 5.41) is 8.73. The Balaban J connectivity index is 2.41. The van der Waals surface area contributed by atoms with E-state index in [1.54, 1.807) is 0 Å². The van der Waals surface area contributed by atoms with Gasteiger partial charge in [0, 0.05) is 11.6 Å². The lowest BCUT2D eigenvalue weighted by molar-refractivity contribution is 0.560. The molecule has 4 heteroatoms. The first-order valence-electron chi connectivity index (χ1n) is 6.68. The molecule has 0 saturated carbocycles. The van der Waals surface area contributed by atoms with Gasteiger partial charge in [-0.3, -0.25) is 4.68 Å². The van der Waals surface area contributed by atoms with Crippen LogP contribution in [0.4, 0.5) is 0 Å². The molecule has 1 unspecified atom stereocenters. The zero-order chi connectivity index (χ0) is 13.8. The predicted octanol–water partition coefficient (Wildman–Crippen LogP) is 3.43. The maximum atomic E-state index is 5.95. The van der Waals surface area contributed by atoms with E-state index in [0.29, 0.717) is 0 Å². The van der Waals surface area contributed by atoms with Crippen LogP contribution in [0.2, 0.25) is 5.02 Å². The summed E-state index contributed by atoms with van der Waals surface area (Å²) >= 11 is 5.95. The first-order chi connectivity index (χ1) is 9.19. The van der Waals surface area contributed by atoms with Crippen LogP contribution in [0.3, 0.4) is 0 Å². The molecule has 0 fully saturated rings. The fourth-order valence-electron chi connectivity index (χ4n) is 2.29. The molecule has 102 valence electrons. The summed E-state index contributed by atoms with van der Waals surface area (Å²) in [5.41, 5.74) is 3.53. The molecule has 3 nitrogen and oxygen atoms in total. The molecule has 0 amide bonds. The quantitative estimate of drug-likeness (QED) is 0.907. The molecule has 1 atom stereocenters. The minimum atomic E-state index is 0.144. The highest BCUT2D eigenvalue weighted by Crippen LogP contribution is 2.24. The van der Waals surface area contributed by atoms with Crippen LogP contribution in [0.25, 0.3) is 0 Å². The van der Waals surface area contributed by atoms with Crippen molar-refractivity contribution < 1.29 is 0 Å². The molecule has 0 aliphatic heterocycles. The highest BCUT2D eigenvalue weighted by atomic mass is 35.5. The second-order valence-corrected chi connectivity index (χ2v) is 4.94. The highest BCUT2D eigenvalue weighted by Gasteiger charge is 2.17. The minimum Gasteiger partial charge on any atom is -0.308 e. The van der Waals surface area contributed by atoms with Gasteiger partial charge in [0.1, 0.15) is 0 Å². The van der Waals surface area contributed by atoms with E-state index >= 15 is 0 Å². The summed E-state index contributed by atoms with van der Waals surface area (Å²) < 4.78 is 2.06. The Kier molecular flexibility index (Phi) is 4.61. The van der Waals surface area contributed by atoms with E-state index in [2.05, 4.69) is 47.1 Å². The number of rotatable bonds is 5. The van der Waals surface area contributed by atoms with Gasteiger partial charge < -0.3 is 5.32 Å². The number of hydrogen-bond acceptors (Lipinski definition) is 2. The van der Waals surface area contributed by atoms with Crippen molar-refractivity contribution in [2.45, 2.75) is 32.9 Å². The van der Waals surface area contributed by atoms with Crippen molar-refractivity contribution in [3.63, 3.8) is 0 Å². The van der Waals surface area contributed by atoms with E-state index in [4.69, 9.17) is 11.6 Å². The Bertz CT molecular complexity index is 531. The Morgan fingerprint density at radius 1 is 1.26 bits per heavy atom. The summed E-state index contributed by atoms with van der Waals surface area (Å²) in [4.78, 5) is 0. The molecule has 1 heterocycles. The Morgan fingerprint density at radius 2 is 1.95 bits per heavy atom.